The summed E-state index contributed by atoms with van der Waals surface area (Å²) in [4.78, 5) is 0. The molecular weight excluding hydrogens is 226 g/mol. The third-order valence-corrected chi connectivity index (χ3v) is 3.82. The third kappa shape index (κ3) is 2.12. The molecule has 90 valence electrons. The van der Waals surface area contributed by atoms with Crippen molar-refractivity contribution >= 4 is 11.6 Å². The normalized spacial score (nSPS) is 27.8. The van der Waals surface area contributed by atoms with Crippen LogP contribution in [0.15, 0.2) is 16.5 Å². The summed E-state index contributed by atoms with van der Waals surface area (Å²) in [6.07, 6.45) is 1.41. The molecule has 0 aromatic carbocycles. The van der Waals surface area contributed by atoms with Gasteiger partial charge < -0.3 is 14.5 Å². The molecule has 0 saturated heterocycles. The minimum atomic E-state index is 0.186. The van der Waals surface area contributed by atoms with Crippen molar-refractivity contribution in [1.29, 1.82) is 0 Å². The summed E-state index contributed by atoms with van der Waals surface area (Å²) >= 11 is 5.71. The van der Waals surface area contributed by atoms with Gasteiger partial charge in [0.25, 0.3) is 0 Å². The van der Waals surface area contributed by atoms with Gasteiger partial charge in [0.2, 0.25) is 0 Å². The van der Waals surface area contributed by atoms with Gasteiger partial charge in [0.1, 0.15) is 5.76 Å². The van der Waals surface area contributed by atoms with Gasteiger partial charge in [0.05, 0.1) is 12.6 Å². The molecule has 1 aromatic rings. The number of methoxy groups -OCH3 is 1. The highest BCUT2D eigenvalue weighted by Crippen LogP contribution is 2.42. The average Bonchev–Trinajstić information content (AvgIpc) is 2.63. The summed E-state index contributed by atoms with van der Waals surface area (Å²) in [5, 5.41) is 3.91. The SMILES string of the molecule is COC1CC(NCc2ccc(Cl)o2)C1(C)C. The van der Waals surface area contributed by atoms with Crippen molar-refractivity contribution in [3.63, 3.8) is 0 Å². The van der Waals surface area contributed by atoms with Crippen LogP contribution < -0.4 is 5.32 Å². The van der Waals surface area contributed by atoms with Crippen molar-refractivity contribution in [2.24, 2.45) is 5.41 Å². The molecule has 1 N–H and O–H groups in total. The third-order valence-electron chi connectivity index (χ3n) is 3.61. The lowest BCUT2D eigenvalue weighted by atomic mass is 9.64. The van der Waals surface area contributed by atoms with E-state index in [0.29, 0.717) is 17.4 Å². The fourth-order valence-electron chi connectivity index (χ4n) is 2.30. The van der Waals surface area contributed by atoms with E-state index in [2.05, 4.69) is 19.2 Å². The number of furan rings is 1. The lowest BCUT2D eigenvalue weighted by Crippen LogP contribution is -2.60. The Balaban J connectivity index is 1.84. The largest absolute Gasteiger partial charge is 0.448 e. The van der Waals surface area contributed by atoms with Gasteiger partial charge in [-0.3, -0.25) is 0 Å². The fourth-order valence-corrected chi connectivity index (χ4v) is 2.46. The zero-order valence-electron chi connectivity index (χ0n) is 9.92. The lowest BCUT2D eigenvalue weighted by molar-refractivity contribution is -0.0982. The Hall–Kier alpha value is -0.510. The van der Waals surface area contributed by atoms with Crippen LogP contribution in [0, 0.1) is 5.41 Å². The molecule has 4 heteroatoms. The molecule has 0 aliphatic heterocycles. The minimum absolute atomic E-state index is 0.186. The van der Waals surface area contributed by atoms with Crippen molar-refractivity contribution in [3.8, 4) is 0 Å². The molecule has 0 radical (unpaired) electrons. The van der Waals surface area contributed by atoms with E-state index in [-0.39, 0.29) is 5.41 Å². The van der Waals surface area contributed by atoms with Gasteiger partial charge in [0, 0.05) is 18.6 Å². The highest BCUT2D eigenvalue weighted by atomic mass is 35.5. The molecule has 1 saturated carbocycles. The van der Waals surface area contributed by atoms with Crippen LogP contribution in [0.5, 0.6) is 0 Å². The zero-order valence-corrected chi connectivity index (χ0v) is 10.7. The first kappa shape index (κ1) is 12.0. The van der Waals surface area contributed by atoms with E-state index in [1.807, 2.05) is 6.07 Å². The summed E-state index contributed by atoms with van der Waals surface area (Å²) in [6, 6.07) is 4.14. The Morgan fingerprint density at radius 3 is 2.81 bits per heavy atom. The zero-order chi connectivity index (χ0) is 11.8. The molecule has 1 aromatic heterocycles. The Labute approximate surface area is 101 Å². The predicted octanol–water partition coefficient (Wildman–Crippen LogP) is 2.84. The van der Waals surface area contributed by atoms with Crippen LogP contribution >= 0.6 is 11.6 Å². The maximum Gasteiger partial charge on any atom is 0.193 e. The van der Waals surface area contributed by atoms with Crippen LogP contribution in [-0.4, -0.2) is 19.3 Å². The summed E-state index contributed by atoms with van der Waals surface area (Å²) in [6.45, 7) is 5.16. The molecule has 1 fully saturated rings. The number of ether oxygens (including phenoxy) is 1. The Morgan fingerprint density at radius 1 is 1.56 bits per heavy atom. The molecular formula is C12H18ClNO2. The van der Waals surface area contributed by atoms with Gasteiger partial charge in [-0.2, -0.15) is 0 Å². The Kier molecular flexibility index (Phi) is 3.29. The highest BCUT2D eigenvalue weighted by Gasteiger charge is 2.48. The first-order valence-electron chi connectivity index (χ1n) is 5.54. The monoisotopic (exact) mass is 243 g/mol. The average molecular weight is 244 g/mol. The molecule has 1 aliphatic rings. The van der Waals surface area contributed by atoms with E-state index in [9.17, 15) is 0 Å². The van der Waals surface area contributed by atoms with Crippen molar-refractivity contribution in [2.75, 3.05) is 7.11 Å². The van der Waals surface area contributed by atoms with Gasteiger partial charge in [-0.15, -0.1) is 0 Å². The first-order valence-corrected chi connectivity index (χ1v) is 5.92. The van der Waals surface area contributed by atoms with Gasteiger partial charge >= 0.3 is 0 Å². The molecule has 0 amide bonds. The highest BCUT2D eigenvalue weighted by molar-refractivity contribution is 6.28. The fraction of sp³-hybridized carbons (Fsp3) is 0.667. The second-order valence-corrected chi connectivity index (χ2v) is 5.29. The van der Waals surface area contributed by atoms with Gasteiger partial charge in [-0.1, -0.05) is 13.8 Å². The van der Waals surface area contributed by atoms with E-state index in [1.54, 1.807) is 13.2 Å². The maximum atomic E-state index is 5.71. The number of hydrogen-bond donors (Lipinski definition) is 1. The second kappa shape index (κ2) is 4.40. The first-order chi connectivity index (χ1) is 7.54. The quantitative estimate of drug-likeness (QED) is 0.883. The van der Waals surface area contributed by atoms with Gasteiger partial charge in [0.15, 0.2) is 5.22 Å². The van der Waals surface area contributed by atoms with E-state index in [1.165, 1.54) is 0 Å². The molecule has 3 nitrogen and oxygen atoms in total. The summed E-state index contributed by atoms with van der Waals surface area (Å²) in [7, 11) is 1.77. The van der Waals surface area contributed by atoms with Crippen molar-refractivity contribution in [3.05, 3.63) is 23.1 Å². The molecule has 0 spiro atoms. The molecule has 0 bridgehead atoms. The molecule has 1 heterocycles. The number of hydrogen-bond acceptors (Lipinski definition) is 3. The standard InChI is InChI=1S/C12H18ClNO2/c1-12(2)9(6-10(12)15-3)14-7-8-4-5-11(13)16-8/h4-5,9-10,14H,6-7H2,1-3H3. The van der Waals surface area contributed by atoms with E-state index >= 15 is 0 Å². The molecule has 2 unspecified atom stereocenters. The molecule has 16 heavy (non-hydrogen) atoms. The molecule has 2 atom stereocenters. The van der Waals surface area contributed by atoms with Crippen LogP contribution in [0.1, 0.15) is 26.0 Å². The van der Waals surface area contributed by atoms with Crippen LogP contribution in [-0.2, 0) is 11.3 Å². The minimum Gasteiger partial charge on any atom is -0.448 e. The Morgan fingerprint density at radius 2 is 2.31 bits per heavy atom. The maximum absolute atomic E-state index is 5.71. The smallest absolute Gasteiger partial charge is 0.193 e. The summed E-state index contributed by atoms with van der Waals surface area (Å²) in [5.41, 5.74) is 0.186. The van der Waals surface area contributed by atoms with E-state index in [0.717, 1.165) is 18.7 Å². The lowest BCUT2D eigenvalue weighted by Gasteiger charge is -2.51. The van der Waals surface area contributed by atoms with E-state index in [4.69, 9.17) is 20.8 Å². The van der Waals surface area contributed by atoms with Crippen LogP contribution in [0.3, 0.4) is 0 Å². The second-order valence-electron chi connectivity index (χ2n) is 4.92. The van der Waals surface area contributed by atoms with E-state index < -0.39 is 0 Å². The topological polar surface area (TPSA) is 34.4 Å². The molecule has 1 aliphatic carbocycles. The van der Waals surface area contributed by atoms with Gasteiger partial charge in [-0.25, -0.2) is 0 Å². The van der Waals surface area contributed by atoms with Crippen molar-refractivity contribution in [1.82, 2.24) is 5.32 Å². The molecule has 2 rings (SSSR count). The number of halogens is 1. The van der Waals surface area contributed by atoms with Crippen LogP contribution in [0.25, 0.3) is 0 Å². The number of nitrogens with one attached hydrogen (secondary N) is 1. The predicted molar refractivity (Wildman–Crippen MR) is 63.5 cm³/mol. The van der Waals surface area contributed by atoms with Crippen LogP contribution in [0.2, 0.25) is 5.22 Å². The van der Waals surface area contributed by atoms with Gasteiger partial charge in [-0.05, 0) is 30.2 Å². The van der Waals surface area contributed by atoms with Crippen molar-refractivity contribution < 1.29 is 9.15 Å². The number of rotatable bonds is 4. The van der Waals surface area contributed by atoms with Crippen LogP contribution in [0.4, 0.5) is 0 Å². The van der Waals surface area contributed by atoms with Crippen molar-refractivity contribution in [2.45, 2.75) is 39.0 Å². The summed E-state index contributed by atoms with van der Waals surface area (Å²) < 4.78 is 10.7. The summed E-state index contributed by atoms with van der Waals surface area (Å²) in [5.74, 6) is 0.877. The Bertz CT molecular complexity index is 362.